The van der Waals surface area contributed by atoms with Crippen LogP contribution < -0.4 is 16.6 Å². The summed E-state index contributed by atoms with van der Waals surface area (Å²) in [7, 11) is 1.62. The third-order valence-corrected chi connectivity index (χ3v) is 13.3. The van der Waals surface area contributed by atoms with Crippen LogP contribution >= 0.6 is 0 Å². The highest BCUT2D eigenvalue weighted by Crippen LogP contribution is 2.51. The number of amides is 1. The molecule has 1 heterocycles. The third-order valence-electron chi connectivity index (χ3n) is 13.3. The van der Waals surface area contributed by atoms with Gasteiger partial charge in [0.05, 0.1) is 77.1 Å². The summed E-state index contributed by atoms with van der Waals surface area (Å²) in [5, 5.41) is 15.3. The van der Waals surface area contributed by atoms with E-state index < -0.39 is 33.6 Å². The van der Waals surface area contributed by atoms with Crippen molar-refractivity contribution in [2.45, 2.75) is 158 Å². The summed E-state index contributed by atoms with van der Waals surface area (Å²) in [5.74, 6) is -0.361. The zero-order valence-corrected chi connectivity index (χ0v) is 41.0. The number of carbonyl (C=O) groups excluding carboxylic acids is 3. The van der Waals surface area contributed by atoms with E-state index in [1.165, 1.54) is 9.13 Å². The first-order chi connectivity index (χ1) is 30.4. The van der Waals surface area contributed by atoms with Crippen LogP contribution in [0, 0.1) is 32.5 Å². The smallest absolute Gasteiger partial charge is 0.407 e. The van der Waals surface area contributed by atoms with E-state index in [4.69, 9.17) is 28.4 Å². The normalized spacial score (nSPS) is 28.1. The third kappa shape index (κ3) is 16.9. The lowest BCUT2D eigenvalue weighted by Gasteiger charge is -2.47. The molecule has 0 bridgehead atoms. The number of ether oxygens (including phenoxy) is 6. The summed E-state index contributed by atoms with van der Waals surface area (Å²) in [5.41, 5.74) is -3.43. The molecule has 0 saturated heterocycles. The lowest BCUT2D eigenvalue weighted by atomic mass is 9.61. The van der Waals surface area contributed by atoms with E-state index in [2.05, 4.69) is 63.8 Å². The van der Waals surface area contributed by atoms with Gasteiger partial charge >= 0.3 is 11.8 Å². The summed E-state index contributed by atoms with van der Waals surface area (Å²) in [6.45, 7) is 22.9. The zero-order chi connectivity index (χ0) is 48.1. The van der Waals surface area contributed by atoms with E-state index in [9.17, 15) is 29.1 Å². The second-order valence-electron chi connectivity index (χ2n) is 22.6. The molecule has 0 aromatic carbocycles. The van der Waals surface area contributed by atoms with Crippen molar-refractivity contribution < 1.29 is 47.9 Å². The number of hydrogen-bond acceptors (Lipinski definition) is 14. The van der Waals surface area contributed by atoms with E-state index in [1.54, 1.807) is 19.3 Å². The first-order valence-corrected chi connectivity index (χ1v) is 23.4. The molecule has 65 heavy (non-hydrogen) atoms. The molecule has 0 aliphatic heterocycles. The van der Waals surface area contributed by atoms with Crippen LogP contribution in [0.1, 0.15) is 126 Å². The predicted octanol–water partition coefficient (Wildman–Crippen LogP) is 6.12. The van der Waals surface area contributed by atoms with Crippen LogP contribution in [0.2, 0.25) is 0 Å². The number of alkyl carbamates (subject to hydrolysis) is 1. The van der Waals surface area contributed by atoms with Crippen molar-refractivity contribution in [2.24, 2.45) is 42.5 Å². The second kappa shape index (κ2) is 23.4. The highest BCUT2D eigenvalue weighted by atomic mass is 16.6. The van der Waals surface area contributed by atoms with Crippen molar-refractivity contribution >= 4 is 18.3 Å². The Balaban J connectivity index is 1.49. The number of methoxy groups -OCH3 is 1. The molecule has 1 aromatic rings. The SMILES string of the molecule is COCCOCCOCCOCCOCCOC(=O)NC1CC(C)(C)CC(C)(Cc2c(O)n(CC3(C)CC(N=C=O)CC(C)(C)C3)c(=O)n(CC3(C)CC(N=C=O)CC(C)(C)C3)c2=O)C1. The van der Waals surface area contributed by atoms with Crippen molar-refractivity contribution in [1.29, 1.82) is 0 Å². The molecule has 368 valence electrons. The Kier molecular flexibility index (Phi) is 19.4. The molecule has 0 spiro atoms. The van der Waals surface area contributed by atoms with Gasteiger partial charge in [0.15, 0.2) is 0 Å². The molecule has 3 saturated carbocycles. The fourth-order valence-corrected chi connectivity index (χ4v) is 12.3. The Morgan fingerprint density at radius 3 is 1.54 bits per heavy atom. The van der Waals surface area contributed by atoms with Crippen LogP contribution in [0.5, 0.6) is 5.88 Å². The first-order valence-electron chi connectivity index (χ1n) is 23.4. The summed E-state index contributed by atoms with van der Waals surface area (Å²) in [6.07, 6.45) is 8.62. The number of aliphatic imine (C=N–C) groups is 2. The number of rotatable bonds is 24. The second-order valence-corrected chi connectivity index (χ2v) is 22.6. The van der Waals surface area contributed by atoms with Crippen LogP contribution in [0.15, 0.2) is 19.6 Å². The first kappa shape index (κ1) is 53.9. The van der Waals surface area contributed by atoms with Crippen LogP contribution in [-0.4, -0.2) is 124 Å². The van der Waals surface area contributed by atoms with Crippen molar-refractivity contribution in [3.8, 4) is 5.88 Å². The molecule has 4 rings (SSSR count). The Labute approximate surface area is 385 Å². The number of hydrogen-bond donors (Lipinski definition) is 2. The summed E-state index contributed by atoms with van der Waals surface area (Å²) >= 11 is 0. The Bertz CT molecular complexity index is 1950. The van der Waals surface area contributed by atoms with Crippen LogP contribution in [0.4, 0.5) is 4.79 Å². The maximum atomic E-state index is 14.8. The monoisotopic (exact) mass is 918 g/mol. The standard InChI is InChI=1S/C48H79N5O12/c1-43(2)21-35(49-33-54)24-47(8,29-43)31-52-39(56)38(40(57)53(42(52)59)32-48(9)25-36(50-34-55)22-44(3,4)30-48)27-46(7)26-37(23-45(5,6)28-46)51-41(58)65-20-19-64-18-17-63-16-15-62-14-13-61-12-11-60-10/h35-37,56H,11-32H2,1-10H3,(H,51,58). The van der Waals surface area contributed by atoms with Crippen molar-refractivity contribution in [2.75, 3.05) is 73.2 Å². The van der Waals surface area contributed by atoms with Gasteiger partial charge < -0.3 is 38.8 Å². The summed E-state index contributed by atoms with van der Waals surface area (Å²) in [6, 6.07) is -0.896. The largest absolute Gasteiger partial charge is 0.494 e. The van der Waals surface area contributed by atoms with E-state index in [0.29, 0.717) is 111 Å². The van der Waals surface area contributed by atoms with E-state index in [-0.39, 0.29) is 78.5 Å². The van der Waals surface area contributed by atoms with Crippen molar-refractivity contribution in [1.82, 2.24) is 14.5 Å². The lowest BCUT2D eigenvalue weighted by molar-refractivity contribution is -0.0115. The number of isocyanates is 2. The van der Waals surface area contributed by atoms with Gasteiger partial charge in [0.1, 0.15) is 6.61 Å². The lowest BCUT2D eigenvalue weighted by Crippen LogP contribution is -2.51. The Hall–Kier alpha value is -3.69. The number of nitrogens with zero attached hydrogens (tertiary/aromatic N) is 4. The van der Waals surface area contributed by atoms with Gasteiger partial charge in [0.25, 0.3) is 5.56 Å². The van der Waals surface area contributed by atoms with Gasteiger partial charge in [-0.1, -0.05) is 62.3 Å². The summed E-state index contributed by atoms with van der Waals surface area (Å²) in [4.78, 5) is 73.7. The molecule has 1 aromatic heterocycles. The van der Waals surface area contributed by atoms with Crippen LogP contribution in [0.25, 0.3) is 0 Å². The Morgan fingerprint density at radius 2 is 1.06 bits per heavy atom. The number of carbonyl (C=O) groups is 1. The van der Waals surface area contributed by atoms with Gasteiger partial charge in [0, 0.05) is 26.2 Å². The maximum Gasteiger partial charge on any atom is 0.407 e. The van der Waals surface area contributed by atoms with Gasteiger partial charge in [-0.3, -0.25) is 13.9 Å². The molecular weight excluding hydrogens is 839 g/mol. The average molecular weight is 918 g/mol. The molecule has 1 amide bonds. The van der Waals surface area contributed by atoms with Gasteiger partial charge in [0.2, 0.25) is 18.0 Å². The molecular formula is C48H79N5O12. The number of aromatic hydroxyl groups is 1. The average Bonchev–Trinajstić information content (AvgIpc) is 3.16. The van der Waals surface area contributed by atoms with Crippen molar-refractivity contribution in [3.05, 3.63) is 26.4 Å². The summed E-state index contributed by atoms with van der Waals surface area (Å²) < 4.78 is 35.0. The Morgan fingerprint density at radius 1 is 0.631 bits per heavy atom. The molecule has 6 atom stereocenters. The highest BCUT2D eigenvalue weighted by molar-refractivity contribution is 5.67. The minimum Gasteiger partial charge on any atom is -0.494 e. The highest BCUT2D eigenvalue weighted by Gasteiger charge is 2.46. The molecule has 17 heteroatoms. The van der Waals surface area contributed by atoms with Gasteiger partial charge in [-0.25, -0.2) is 29.2 Å². The molecule has 3 fully saturated rings. The molecule has 6 unspecified atom stereocenters. The van der Waals surface area contributed by atoms with E-state index >= 15 is 0 Å². The topological polar surface area (TPSA) is 208 Å². The quantitative estimate of drug-likeness (QED) is 0.0683. The fraction of sp³-hybridized carbons (Fsp3) is 0.854. The van der Waals surface area contributed by atoms with E-state index in [1.807, 2.05) is 13.8 Å². The van der Waals surface area contributed by atoms with Crippen LogP contribution in [-0.2, 0) is 57.5 Å². The number of nitrogens with one attached hydrogen (secondary N) is 1. The minimum absolute atomic E-state index is 0.0526. The molecule has 2 N–H and O–H groups in total. The maximum absolute atomic E-state index is 14.8. The molecule has 3 aliphatic rings. The molecule has 17 nitrogen and oxygen atoms in total. The van der Waals surface area contributed by atoms with Gasteiger partial charge in [-0.2, -0.15) is 0 Å². The zero-order valence-electron chi connectivity index (χ0n) is 41.0. The van der Waals surface area contributed by atoms with Crippen molar-refractivity contribution in [3.63, 3.8) is 0 Å². The van der Waals surface area contributed by atoms with Crippen LogP contribution in [0.3, 0.4) is 0 Å². The van der Waals surface area contributed by atoms with Gasteiger partial charge in [-0.15, -0.1) is 0 Å². The molecule has 0 radical (unpaired) electrons. The fourth-order valence-electron chi connectivity index (χ4n) is 12.3. The molecule has 3 aliphatic carbocycles. The number of aromatic nitrogens is 2. The predicted molar refractivity (Wildman–Crippen MR) is 245 cm³/mol. The van der Waals surface area contributed by atoms with E-state index in [0.717, 1.165) is 0 Å². The van der Waals surface area contributed by atoms with Gasteiger partial charge in [-0.05, 0) is 96.7 Å². The minimum atomic E-state index is -0.606.